The molecular formula is C23H25ClN4OS. The molecular weight excluding hydrogens is 416 g/mol. The summed E-state index contributed by atoms with van der Waals surface area (Å²) in [5, 5.41) is 7.58. The zero-order valence-electron chi connectivity index (χ0n) is 16.9. The molecule has 1 aromatic carbocycles. The normalized spacial score (nSPS) is 16.3. The Labute approximate surface area is 187 Å². The van der Waals surface area contributed by atoms with Crippen LogP contribution < -0.4 is 15.5 Å². The molecule has 0 radical (unpaired) electrons. The van der Waals surface area contributed by atoms with Crippen LogP contribution in [0, 0.1) is 5.92 Å². The van der Waals surface area contributed by atoms with E-state index in [1.54, 1.807) is 0 Å². The maximum Gasteiger partial charge on any atom is 0.171 e. The number of piperidine rings is 1. The van der Waals surface area contributed by atoms with Crippen LogP contribution in [0.5, 0.6) is 0 Å². The minimum absolute atomic E-state index is 0.497. The van der Waals surface area contributed by atoms with Gasteiger partial charge >= 0.3 is 0 Å². The molecule has 5 nitrogen and oxygen atoms in total. The molecule has 2 aromatic heterocycles. The Bertz CT molecular complexity index is 987. The van der Waals surface area contributed by atoms with Gasteiger partial charge in [0.25, 0.3) is 0 Å². The molecule has 2 N–H and O–H groups in total. The first-order valence-corrected chi connectivity index (χ1v) is 11.0. The number of hydrogen-bond donors (Lipinski definition) is 2. The second kappa shape index (κ2) is 9.49. The van der Waals surface area contributed by atoms with Gasteiger partial charge in [0.1, 0.15) is 17.3 Å². The minimum Gasteiger partial charge on any atom is -0.459 e. The smallest absolute Gasteiger partial charge is 0.171 e. The molecule has 7 heteroatoms. The van der Waals surface area contributed by atoms with Crippen molar-refractivity contribution in [3.05, 3.63) is 65.5 Å². The van der Waals surface area contributed by atoms with Crippen molar-refractivity contribution in [2.45, 2.75) is 26.3 Å². The monoisotopic (exact) mass is 440 g/mol. The van der Waals surface area contributed by atoms with Gasteiger partial charge in [-0.05, 0) is 79.5 Å². The molecule has 1 atom stereocenters. The Balaban J connectivity index is 1.28. The number of pyridine rings is 1. The van der Waals surface area contributed by atoms with Crippen LogP contribution in [0.1, 0.15) is 25.5 Å². The van der Waals surface area contributed by atoms with Crippen LogP contribution in [-0.2, 0) is 6.54 Å². The summed E-state index contributed by atoms with van der Waals surface area (Å²) in [4.78, 5) is 6.95. The van der Waals surface area contributed by atoms with Crippen LogP contribution >= 0.6 is 23.8 Å². The fourth-order valence-corrected chi connectivity index (χ4v) is 3.95. The molecule has 1 aliphatic heterocycles. The van der Waals surface area contributed by atoms with Gasteiger partial charge < -0.3 is 20.0 Å². The van der Waals surface area contributed by atoms with Crippen molar-refractivity contribution in [3.63, 3.8) is 0 Å². The molecule has 0 spiro atoms. The third kappa shape index (κ3) is 5.32. The van der Waals surface area contributed by atoms with E-state index in [4.69, 9.17) is 28.2 Å². The molecule has 1 fully saturated rings. The number of aromatic nitrogens is 1. The maximum atomic E-state index is 5.94. The van der Waals surface area contributed by atoms with Gasteiger partial charge in [0, 0.05) is 23.7 Å². The summed E-state index contributed by atoms with van der Waals surface area (Å²) in [6, 6.07) is 15.5. The topological polar surface area (TPSA) is 53.3 Å². The van der Waals surface area contributed by atoms with Gasteiger partial charge in [0.15, 0.2) is 5.11 Å². The lowest BCUT2D eigenvalue weighted by molar-refractivity contribution is 0.444. The highest BCUT2D eigenvalue weighted by atomic mass is 35.5. The van der Waals surface area contributed by atoms with Gasteiger partial charge in [-0.15, -0.1) is 0 Å². The van der Waals surface area contributed by atoms with E-state index < -0.39 is 0 Å². The van der Waals surface area contributed by atoms with E-state index in [-0.39, 0.29) is 0 Å². The van der Waals surface area contributed by atoms with Gasteiger partial charge in [0.05, 0.1) is 18.4 Å². The quantitative estimate of drug-likeness (QED) is 0.495. The first-order valence-electron chi connectivity index (χ1n) is 10.2. The van der Waals surface area contributed by atoms with E-state index >= 15 is 0 Å². The van der Waals surface area contributed by atoms with E-state index in [0.717, 1.165) is 47.6 Å². The third-order valence-electron chi connectivity index (χ3n) is 5.20. The van der Waals surface area contributed by atoms with Crippen molar-refractivity contribution in [2.24, 2.45) is 5.92 Å². The number of rotatable bonds is 5. The summed E-state index contributed by atoms with van der Waals surface area (Å²) in [5.41, 5.74) is 1.85. The summed E-state index contributed by atoms with van der Waals surface area (Å²) >= 11 is 11.3. The SMILES string of the molecule is C[C@@H]1CCCN(c2ccc(NC(=S)NCc3ccc(-c4ccc(Cl)cc4)o3)cn2)C1. The van der Waals surface area contributed by atoms with Gasteiger partial charge in [-0.1, -0.05) is 18.5 Å². The van der Waals surface area contributed by atoms with Crippen LogP contribution in [0.25, 0.3) is 11.3 Å². The van der Waals surface area contributed by atoms with E-state index in [9.17, 15) is 0 Å². The highest BCUT2D eigenvalue weighted by molar-refractivity contribution is 7.80. The van der Waals surface area contributed by atoms with E-state index in [1.165, 1.54) is 12.8 Å². The van der Waals surface area contributed by atoms with Crippen molar-refractivity contribution in [3.8, 4) is 11.3 Å². The van der Waals surface area contributed by atoms with Crippen LogP contribution in [-0.4, -0.2) is 23.2 Å². The number of nitrogens with zero attached hydrogens (tertiary/aromatic N) is 2. The molecule has 3 heterocycles. The van der Waals surface area contributed by atoms with Crippen molar-refractivity contribution >= 4 is 40.4 Å². The molecule has 0 bridgehead atoms. The number of furan rings is 1. The fraction of sp³-hybridized carbons (Fsp3) is 0.304. The van der Waals surface area contributed by atoms with Crippen molar-refractivity contribution in [1.82, 2.24) is 10.3 Å². The largest absolute Gasteiger partial charge is 0.459 e. The fourth-order valence-electron chi connectivity index (χ4n) is 3.63. The van der Waals surface area contributed by atoms with Crippen LogP contribution in [0.15, 0.2) is 59.1 Å². The second-order valence-electron chi connectivity index (χ2n) is 7.68. The number of halogens is 1. The zero-order chi connectivity index (χ0) is 20.9. The minimum atomic E-state index is 0.497. The number of thiocarbonyl (C=S) groups is 1. The zero-order valence-corrected chi connectivity index (χ0v) is 18.5. The van der Waals surface area contributed by atoms with Crippen LogP contribution in [0.2, 0.25) is 5.02 Å². The molecule has 0 amide bonds. The number of benzene rings is 1. The van der Waals surface area contributed by atoms with Crippen LogP contribution in [0.3, 0.4) is 0 Å². The molecule has 0 unspecified atom stereocenters. The van der Waals surface area contributed by atoms with E-state index in [1.807, 2.05) is 54.7 Å². The molecule has 1 aliphatic rings. The predicted molar refractivity (Wildman–Crippen MR) is 127 cm³/mol. The molecule has 3 aromatic rings. The predicted octanol–water partition coefficient (Wildman–Crippen LogP) is 5.72. The average molecular weight is 441 g/mol. The second-order valence-corrected chi connectivity index (χ2v) is 8.52. The summed E-state index contributed by atoms with van der Waals surface area (Å²) in [7, 11) is 0. The van der Waals surface area contributed by atoms with Gasteiger partial charge in [-0.25, -0.2) is 4.98 Å². The van der Waals surface area contributed by atoms with Crippen molar-refractivity contribution in [2.75, 3.05) is 23.3 Å². The molecule has 4 rings (SSSR count). The molecule has 0 saturated carbocycles. The van der Waals surface area contributed by atoms with E-state index in [0.29, 0.717) is 16.7 Å². The summed E-state index contributed by atoms with van der Waals surface area (Å²) in [6.45, 7) is 4.94. The maximum absolute atomic E-state index is 5.94. The lowest BCUT2D eigenvalue weighted by Gasteiger charge is -2.31. The van der Waals surface area contributed by atoms with Crippen molar-refractivity contribution < 1.29 is 4.42 Å². The molecule has 0 aliphatic carbocycles. The highest BCUT2D eigenvalue weighted by Crippen LogP contribution is 2.24. The molecule has 156 valence electrons. The Morgan fingerprint density at radius 2 is 2.03 bits per heavy atom. The first-order chi connectivity index (χ1) is 14.6. The number of hydrogen-bond acceptors (Lipinski definition) is 4. The molecule has 30 heavy (non-hydrogen) atoms. The molecule has 1 saturated heterocycles. The summed E-state index contributed by atoms with van der Waals surface area (Å²) in [6.07, 6.45) is 4.35. The lowest BCUT2D eigenvalue weighted by atomic mass is 10.0. The summed E-state index contributed by atoms with van der Waals surface area (Å²) < 4.78 is 5.89. The number of anilines is 2. The van der Waals surface area contributed by atoms with Crippen LogP contribution in [0.4, 0.5) is 11.5 Å². The highest BCUT2D eigenvalue weighted by Gasteiger charge is 2.17. The van der Waals surface area contributed by atoms with Gasteiger partial charge in [0.2, 0.25) is 0 Å². The summed E-state index contributed by atoms with van der Waals surface area (Å²) in [5.74, 6) is 3.35. The first kappa shape index (κ1) is 20.7. The third-order valence-corrected chi connectivity index (χ3v) is 5.70. The van der Waals surface area contributed by atoms with Crippen molar-refractivity contribution in [1.29, 1.82) is 0 Å². The van der Waals surface area contributed by atoms with E-state index in [2.05, 4.69) is 27.4 Å². The number of nitrogens with one attached hydrogen (secondary N) is 2. The Morgan fingerprint density at radius 1 is 1.20 bits per heavy atom. The Kier molecular flexibility index (Phi) is 6.55. The average Bonchev–Trinajstić information content (AvgIpc) is 3.22. The Hall–Kier alpha value is -2.57. The lowest BCUT2D eigenvalue weighted by Crippen LogP contribution is -2.34. The van der Waals surface area contributed by atoms with Gasteiger partial charge in [-0.3, -0.25) is 0 Å². The Morgan fingerprint density at radius 3 is 2.77 bits per heavy atom. The standard InChI is InChI=1S/C23H25ClN4OS/c1-16-3-2-12-28(15-16)22-11-8-19(13-25-22)27-23(30)26-14-20-9-10-21(29-20)17-4-6-18(24)7-5-17/h4-11,13,16H,2-3,12,14-15H2,1H3,(H2,26,27,30)/t16-/m1/s1. The van der Waals surface area contributed by atoms with Gasteiger partial charge in [-0.2, -0.15) is 0 Å².